The smallest absolute Gasteiger partial charge is 0.123 e. The minimum atomic E-state index is 0.249. The van der Waals surface area contributed by atoms with Gasteiger partial charge in [0.05, 0.1) is 0 Å². The van der Waals surface area contributed by atoms with E-state index in [2.05, 4.69) is 26.8 Å². The minimum Gasteiger partial charge on any atom is -0.303 e. The van der Waals surface area contributed by atoms with Gasteiger partial charge in [0.1, 0.15) is 6.29 Å². The number of aldehydes is 1. The molecular weight excluding hydrogens is 136 g/mol. The summed E-state index contributed by atoms with van der Waals surface area (Å²) in [6.07, 6.45) is 4.42. The number of carbonyl (C=O) groups excluding carboxylic acids is 1. The van der Waals surface area contributed by atoms with Gasteiger partial charge >= 0.3 is 0 Å². The Kier molecular flexibility index (Phi) is 2.48. The third kappa shape index (κ3) is 1.70. The first-order valence-corrected chi connectivity index (χ1v) is 4.27. The maximum absolute atomic E-state index is 10.7. The minimum absolute atomic E-state index is 0.249. The van der Waals surface area contributed by atoms with Gasteiger partial charge in [-0.15, -0.1) is 0 Å². The van der Waals surface area contributed by atoms with E-state index in [0.717, 1.165) is 12.7 Å². The van der Waals surface area contributed by atoms with Crippen molar-refractivity contribution in [2.45, 2.75) is 27.2 Å². The summed E-state index contributed by atoms with van der Waals surface area (Å²) in [7, 11) is 0. The number of carbonyl (C=O) groups is 1. The van der Waals surface area contributed by atoms with Gasteiger partial charge in [0.2, 0.25) is 0 Å². The maximum Gasteiger partial charge on any atom is 0.123 e. The number of allylic oxidation sites excluding steroid dienone is 2. The molecule has 0 unspecified atom stereocenters. The molecule has 1 aliphatic rings. The highest BCUT2D eigenvalue weighted by Gasteiger charge is 2.25. The fourth-order valence-corrected chi connectivity index (χ4v) is 2.05. The molecule has 3 atom stereocenters. The van der Waals surface area contributed by atoms with E-state index < -0.39 is 0 Å². The SMILES string of the molecule is CC1=C[C@@H](C)[C@@H](C=O)[C@@H](C)C1. The van der Waals surface area contributed by atoms with Gasteiger partial charge in [0.15, 0.2) is 0 Å². The predicted octanol–water partition coefficient (Wildman–Crippen LogP) is 2.42. The molecule has 0 heterocycles. The molecule has 1 nitrogen and oxygen atoms in total. The van der Waals surface area contributed by atoms with Gasteiger partial charge in [-0.05, 0) is 25.2 Å². The summed E-state index contributed by atoms with van der Waals surface area (Å²) in [6, 6.07) is 0. The maximum atomic E-state index is 10.7. The summed E-state index contributed by atoms with van der Waals surface area (Å²) in [6.45, 7) is 6.43. The van der Waals surface area contributed by atoms with Crippen LogP contribution in [0.25, 0.3) is 0 Å². The van der Waals surface area contributed by atoms with Crippen LogP contribution in [0.1, 0.15) is 27.2 Å². The average molecular weight is 152 g/mol. The molecule has 0 fully saturated rings. The van der Waals surface area contributed by atoms with Crippen LogP contribution in [0.3, 0.4) is 0 Å². The first-order valence-electron chi connectivity index (χ1n) is 4.27. The molecule has 0 amide bonds. The Bertz CT molecular complexity index is 181. The van der Waals surface area contributed by atoms with E-state index in [9.17, 15) is 4.79 Å². The highest BCUT2D eigenvalue weighted by molar-refractivity contribution is 5.55. The lowest BCUT2D eigenvalue weighted by Gasteiger charge is -2.28. The number of hydrogen-bond donors (Lipinski definition) is 0. The van der Waals surface area contributed by atoms with Crippen LogP contribution in [-0.4, -0.2) is 6.29 Å². The highest BCUT2D eigenvalue weighted by Crippen LogP contribution is 2.31. The molecule has 0 aromatic rings. The number of hydrogen-bond acceptors (Lipinski definition) is 1. The van der Waals surface area contributed by atoms with Crippen molar-refractivity contribution in [2.24, 2.45) is 17.8 Å². The van der Waals surface area contributed by atoms with Crippen molar-refractivity contribution in [3.8, 4) is 0 Å². The highest BCUT2D eigenvalue weighted by atomic mass is 16.1. The first kappa shape index (κ1) is 8.51. The quantitative estimate of drug-likeness (QED) is 0.416. The molecular formula is C10H16O. The fraction of sp³-hybridized carbons (Fsp3) is 0.700. The van der Waals surface area contributed by atoms with Gasteiger partial charge in [0.25, 0.3) is 0 Å². The number of rotatable bonds is 1. The zero-order valence-electron chi connectivity index (χ0n) is 7.50. The second-order valence-electron chi connectivity index (χ2n) is 3.77. The van der Waals surface area contributed by atoms with Gasteiger partial charge in [-0.1, -0.05) is 25.5 Å². The Labute approximate surface area is 68.5 Å². The molecule has 1 heteroatoms. The van der Waals surface area contributed by atoms with Gasteiger partial charge < -0.3 is 4.79 Å². The van der Waals surface area contributed by atoms with E-state index in [4.69, 9.17) is 0 Å². The Morgan fingerprint density at radius 1 is 1.55 bits per heavy atom. The summed E-state index contributed by atoms with van der Waals surface area (Å²) < 4.78 is 0. The van der Waals surface area contributed by atoms with Gasteiger partial charge in [-0.2, -0.15) is 0 Å². The molecule has 1 rings (SSSR count). The lowest BCUT2D eigenvalue weighted by atomic mass is 9.76. The van der Waals surface area contributed by atoms with Gasteiger partial charge in [-0.3, -0.25) is 0 Å². The first-order chi connectivity index (χ1) is 5.15. The molecule has 0 spiro atoms. The predicted molar refractivity (Wildman–Crippen MR) is 46.3 cm³/mol. The monoisotopic (exact) mass is 152 g/mol. The van der Waals surface area contributed by atoms with Crippen LogP contribution in [0, 0.1) is 17.8 Å². The molecule has 1 aliphatic carbocycles. The van der Waals surface area contributed by atoms with Crippen molar-refractivity contribution in [3.63, 3.8) is 0 Å². The standard InChI is InChI=1S/C10H16O/c1-7-4-8(2)10(6-11)9(3)5-7/h4,6,8-10H,5H2,1-3H3/t8-,9+,10-/m1/s1. The lowest BCUT2D eigenvalue weighted by Crippen LogP contribution is -2.24. The second-order valence-corrected chi connectivity index (χ2v) is 3.77. The molecule has 0 N–H and O–H groups in total. The molecule has 0 aliphatic heterocycles. The van der Waals surface area contributed by atoms with E-state index in [1.54, 1.807) is 0 Å². The van der Waals surface area contributed by atoms with E-state index in [-0.39, 0.29) is 5.92 Å². The van der Waals surface area contributed by atoms with Crippen molar-refractivity contribution < 1.29 is 4.79 Å². The second kappa shape index (κ2) is 3.21. The summed E-state index contributed by atoms with van der Waals surface area (Å²) in [5.41, 5.74) is 1.43. The summed E-state index contributed by atoms with van der Waals surface area (Å²) in [4.78, 5) is 10.7. The zero-order chi connectivity index (χ0) is 8.43. The average Bonchev–Trinajstić information content (AvgIpc) is 1.85. The Morgan fingerprint density at radius 3 is 2.64 bits per heavy atom. The molecule has 62 valence electrons. The zero-order valence-corrected chi connectivity index (χ0v) is 7.50. The lowest BCUT2D eigenvalue weighted by molar-refractivity contribution is -0.113. The van der Waals surface area contributed by atoms with Crippen molar-refractivity contribution in [2.75, 3.05) is 0 Å². The molecule has 11 heavy (non-hydrogen) atoms. The van der Waals surface area contributed by atoms with E-state index >= 15 is 0 Å². The fourth-order valence-electron chi connectivity index (χ4n) is 2.05. The van der Waals surface area contributed by atoms with Gasteiger partial charge in [0, 0.05) is 5.92 Å². The van der Waals surface area contributed by atoms with Crippen molar-refractivity contribution in [3.05, 3.63) is 11.6 Å². The third-order valence-electron chi connectivity index (χ3n) is 2.61. The third-order valence-corrected chi connectivity index (χ3v) is 2.61. The van der Waals surface area contributed by atoms with Crippen molar-refractivity contribution in [1.82, 2.24) is 0 Å². The van der Waals surface area contributed by atoms with E-state index in [0.29, 0.717) is 11.8 Å². The van der Waals surface area contributed by atoms with Crippen molar-refractivity contribution in [1.29, 1.82) is 0 Å². The van der Waals surface area contributed by atoms with Crippen LogP contribution in [0.4, 0.5) is 0 Å². The van der Waals surface area contributed by atoms with Crippen LogP contribution in [0.2, 0.25) is 0 Å². The summed E-state index contributed by atoms with van der Waals surface area (Å²) >= 11 is 0. The topological polar surface area (TPSA) is 17.1 Å². The summed E-state index contributed by atoms with van der Waals surface area (Å²) in [5, 5.41) is 0. The normalized spacial score (nSPS) is 38.1. The van der Waals surface area contributed by atoms with Crippen LogP contribution < -0.4 is 0 Å². The molecule has 0 saturated heterocycles. The molecule has 0 aromatic heterocycles. The largest absolute Gasteiger partial charge is 0.303 e. The van der Waals surface area contributed by atoms with Crippen LogP contribution in [0.15, 0.2) is 11.6 Å². The van der Waals surface area contributed by atoms with Gasteiger partial charge in [-0.25, -0.2) is 0 Å². The van der Waals surface area contributed by atoms with Crippen LogP contribution in [-0.2, 0) is 4.79 Å². The molecule has 0 saturated carbocycles. The van der Waals surface area contributed by atoms with Crippen LogP contribution >= 0.6 is 0 Å². The Morgan fingerprint density at radius 2 is 2.18 bits per heavy atom. The molecule has 0 bridgehead atoms. The van der Waals surface area contributed by atoms with E-state index in [1.165, 1.54) is 5.57 Å². The molecule has 0 aromatic carbocycles. The Balaban J connectivity index is 2.76. The Hall–Kier alpha value is -0.590. The molecule has 0 radical (unpaired) electrons. The van der Waals surface area contributed by atoms with Crippen LogP contribution in [0.5, 0.6) is 0 Å². The van der Waals surface area contributed by atoms with E-state index in [1.807, 2.05) is 0 Å². The van der Waals surface area contributed by atoms with Crippen molar-refractivity contribution >= 4 is 6.29 Å². The summed E-state index contributed by atoms with van der Waals surface area (Å²) in [5.74, 6) is 1.22.